The van der Waals surface area contributed by atoms with Crippen LogP contribution >= 0.6 is 0 Å². The van der Waals surface area contributed by atoms with Crippen LogP contribution in [0.2, 0.25) is 0 Å². The lowest BCUT2D eigenvalue weighted by atomic mass is 10.3. The van der Waals surface area contributed by atoms with Gasteiger partial charge < -0.3 is 14.6 Å². The molecule has 0 fully saturated rings. The van der Waals surface area contributed by atoms with E-state index in [1.54, 1.807) is 0 Å². The molecule has 0 aliphatic carbocycles. The summed E-state index contributed by atoms with van der Waals surface area (Å²) in [5, 5.41) is 9.63. The lowest BCUT2D eigenvalue weighted by Crippen LogP contribution is -2.40. The summed E-state index contributed by atoms with van der Waals surface area (Å²) in [6.45, 7) is 1.29. The number of hydrogen-bond donors (Lipinski definition) is 1. The zero-order chi connectivity index (χ0) is 26.9. The van der Waals surface area contributed by atoms with Crippen molar-refractivity contribution in [1.82, 2.24) is 23.7 Å². The molecule has 0 bridgehead atoms. The first-order chi connectivity index (χ1) is 17.4. The van der Waals surface area contributed by atoms with E-state index in [-0.39, 0.29) is 42.4 Å². The summed E-state index contributed by atoms with van der Waals surface area (Å²) >= 11 is 0. The first-order valence-electron chi connectivity index (χ1n) is 10.9. The number of benzene rings is 1. The van der Waals surface area contributed by atoms with Crippen molar-refractivity contribution < 1.29 is 32.1 Å². The monoisotopic (exact) mass is 523 g/mol. The van der Waals surface area contributed by atoms with E-state index in [2.05, 4.69) is 14.7 Å². The number of nitrogens with zero attached hydrogens (tertiary/aromatic N) is 5. The average Bonchev–Trinajstić information content (AvgIpc) is 3.16. The maximum atomic E-state index is 13.4. The lowest BCUT2D eigenvalue weighted by Gasteiger charge is -2.12. The Hall–Kier alpha value is -4.20. The third kappa shape index (κ3) is 5.80. The Kier molecular flexibility index (Phi) is 7.03. The van der Waals surface area contributed by atoms with E-state index in [1.807, 2.05) is 0 Å². The van der Waals surface area contributed by atoms with Gasteiger partial charge in [0.25, 0.3) is 5.56 Å². The Labute approximate surface area is 206 Å². The zero-order valence-electron chi connectivity index (χ0n) is 19.6. The average molecular weight is 523 g/mol. The molecule has 0 saturated heterocycles. The molecule has 3 heterocycles. The minimum atomic E-state index is -4.92. The molecular formula is C23H21F4N5O5. The van der Waals surface area contributed by atoms with E-state index in [0.717, 1.165) is 33.5 Å². The van der Waals surface area contributed by atoms with E-state index in [0.29, 0.717) is 5.69 Å². The van der Waals surface area contributed by atoms with E-state index in [4.69, 9.17) is 4.74 Å². The van der Waals surface area contributed by atoms with Gasteiger partial charge in [0.15, 0.2) is 11.2 Å². The molecule has 196 valence electrons. The van der Waals surface area contributed by atoms with Crippen LogP contribution in [0.4, 0.5) is 17.6 Å². The molecule has 1 unspecified atom stereocenters. The fraction of sp³-hybridized carbons (Fsp3) is 0.304. The number of aliphatic hydroxyl groups excluding tert-OH is 1. The van der Waals surface area contributed by atoms with Crippen LogP contribution in [0.1, 0.15) is 19.0 Å². The number of imidazole rings is 1. The fourth-order valence-corrected chi connectivity index (χ4v) is 3.59. The predicted molar refractivity (Wildman–Crippen MR) is 122 cm³/mol. The standard InChI is InChI=1S/C23H21F4N5O5/c1-13(33)8-9-31-20(34)18-19(30(2)22(31)35)29-21(32(18)12-15-7-6-14(24)11-28-15)36-16-4-3-5-17(10-16)37-23(25,26)27/h3-7,10-11,13,33H,8-9,12H2,1-2H3. The summed E-state index contributed by atoms with van der Waals surface area (Å²) < 4.78 is 64.3. The molecule has 0 aliphatic rings. The Balaban J connectivity index is 1.87. The highest BCUT2D eigenvalue weighted by Gasteiger charge is 2.31. The molecule has 37 heavy (non-hydrogen) atoms. The smallest absolute Gasteiger partial charge is 0.425 e. The number of ether oxygens (including phenoxy) is 2. The Morgan fingerprint density at radius 3 is 2.49 bits per heavy atom. The van der Waals surface area contributed by atoms with Gasteiger partial charge in [-0.25, -0.2) is 9.18 Å². The van der Waals surface area contributed by atoms with E-state index >= 15 is 0 Å². The SMILES string of the molecule is CC(O)CCn1c(=O)c2c(nc(Oc3cccc(OC(F)(F)F)c3)n2Cc2ccc(F)cn2)n(C)c1=O. The summed E-state index contributed by atoms with van der Waals surface area (Å²) in [5.74, 6) is -1.22. The quantitative estimate of drug-likeness (QED) is 0.354. The van der Waals surface area contributed by atoms with Gasteiger partial charge in [-0.1, -0.05) is 6.07 Å². The summed E-state index contributed by atoms with van der Waals surface area (Å²) in [6.07, 6.45) is -4.59. The molecule has 0 aliphatic heterocycles. The molecule has 3 aromatic heterocycles. The highest BCUT2D eigenvalue weighted by atomic mass is 19.4. The first kappa shape index (κ1) is 25.9. The van der Waals surface area contributed by atoms with Gasteiger partial charge in [0.2, 0.25) is 0 Å². The number of pyridine rings is 1. The molecule has 0 saturated carbocycles. The number of aryl methyl sites for hydroxylation is 1. The van der Waals surface area contributed by atoms with Gasteiger partial charge in [-0.05, 0) is 37.6 Å². The lowest BCUT2D eigenvalue weighted by molar-refractivity contribution is -0.274. The van der Waals surface area contributed by atoms with Crippen molar-refractivity contribution in [3.05, 3.63) is 74.9 Å². The van der Waals surface area contributed by atoms with E-state index in [1.165, 1.54) is 36.7 Å². The minimum absolute atomic E-state index is 0.0527. The highest BCUT2D eigenvalue weighted by Crippen LogP contribution is 2.30. The molecule has 0 radical (unpaired) electrons. The third-order valence-electron chi connectivity index (χ3n) is 5.32. The molecule has 10 nitrogen and oxygen atoms in total. The van der Waals surface area contributed by atoms with Crippen molar-refractivity contribution in [3.8, 4) is 17.5 Å². The van der Waals surface area contributed by atoms with E-state index in [9.17, 15) is 32.3 Å². The number of alkyl halides is 3. The summed E-state index contributed by atoms with van der Waals surface area (Å²) in [6, 6.07) is 6.98. The molecule has 14 heteroatoms. The van der Waals surface area contributed by atoms with Crippen LogP contribution in [0.15, 0.2) is 52.2 Å². The van der Waals surface area contributed by atoms with E-state index < -0.39 is 35.3 Å². The second kappa shape index (κ2) is 10.0. The highest BCUT2D eigenvalue weighted by molar-refractivity contribution is 5.72. The third-order valence-corrected chi connectivity index (χ3v) is 5.32. The van der Waals surface area contributed by atoms with Crippen LogP contribution in [0.5, 0.6) is 17.5 Å². The molecule has 4 aromatic rings. The van der Waals surface area contributed by atoms with Crippen LogP contribution in [0.3, 0.4) is 0 Å². The molecular weight excluding hydrogens is 502 g/mol. The molecule has 4 rings (SSSR count). The normalized spacial score (nSPS) is 12.6. The Bertz CT molecular complexity index is 1540. The maximum absolute atomic E-state index is 13.4. The minimum Gasteiger partial charge on any atom is -0.425 e. The molecule has 0 amide bonds. The van der Waals surface area contributed by atoms with Crippen molar-refractivity contribution in [2.75, 3.05) is 0 Å². The van der Waals surface area contributed by atoms with Crippen molar-refractivity contribution in [2.24, 2.45) is 7.05 Å². The number of aromatic nitrogens is 5. The maximum Gasteiger partial charge on any atom is 0.573 e. The number of fused-ring (bicyclic) bond motifs is 1. The number of halogens is 4. The van der Waals surface area contributed by atoms with Gasteiger partial charge in [0.05, 0.1) is 24.5 Å². The van der Waals surface area contributed by atoms with Gasteiger partial charge in [-0.15, -0.1) is 13.2 Å². The van der Waals surface area contributed by atoms with Gasteiger partial charge >= 0.3 is 18.1 Å². The summed E-state index contributed by atoms with van der Waals surface area (Å²) in [5.41, 5.74) is -1.21. The van der Waals surface area contributed by atoms with Crippen LogP contribution in [-0.2, 0) is 20.1 Å². The van der Waals surface area contributed by atoms with Gasteiger partial charge in [0.1, 0.15) is 17.3 Å². The van der Waals surface area contributed by atoms with Gasteiger partial charge in [0, 0.05) is 19.7 Å². The Morgan fingerprint density at radius 1 is 1.11 bits per heavy atom. The van der Waals surface area contributed by atoms with Crippen LogP contribution in [0.25, 0.3) is 11.2 Å². The van der Waals surface area contributed by atoms with Crippen molar-refractivity contribution in [2.45, 2.75) is 38.9 Å². The predicted octanol–water partition coefficient (Wildman–Crippen LogP) is 2.94. The number of aliphatic hydroxyl groups is 1. The second-order valence-electron chi connectivity index (χ2n) is 8.18. The topological polar surface area (TPSA) is 113 Å². The number of hydrogen-bond acceptors (Lipinski definition) is 7. The molecule has 1 N–H and O–H groups in total. The molecule has 1 atom stereocenters. The van der Waals surface area contributed by atoms with Crippen molar-refractivity contribution in [1.29, 1.82) is 0 Å². The van der Waals surface area contributed by atoms with Gasteiger partial charge in [-0.3, -0.25) is 23.5 Å². The zero-order valence-corrected chi connectivity index (χ0v) is 19.6. The fourth-order valence-electron chi connectivity index (χ4n) is 3.59. The molecule has 1 aromatic carbocycles. The first-order valence-corrected chi connectivity index (χ1v) is 10.9. The molecule has 0 spiro atoms. The van der Waals surface area contributed by atoms with Crippen molar-refractivity contribution >= 4 is 11.2 Å². The summed E-state index contributed by atoms with van der Waals surface area (Å²) in [4.78, 5) is 34.5. The van der Waals surface area contributed by atoms with Crippen LogP contribution in [-0.4, -0.2) is 41.2 Å². The van der Waals surface area contributed by atoms with Gasteiger partial charge in [-0.2, -0.15) is 4.98 Å². The Morgan fingerprint density at radius 2 is 1.84 bits per heavy atom. The van der Waals surface area contributed by atoms with Crippen LogP contribution in [0, 0.1) is 5.82 Å². The largest absolute Gasteiger partial charge is 0.573 e. The van der Waals surface area contributed by atoms with Crippen molar-refractivity contribution in [3.63, 3.8) is 0 Å². The number of rotatable bonds is 8. The summed E-state index contributed by atoms with van der Waals surface area (Å²) in [7, 11) is 1.39. The van der Waals surface area contributed by atoms with Crippen LogP contribution < -0.4 is 20.7 Å². The second-order valence-corrected chi connectivity index (χ2v) is 8.18.